The number of anilines is 1. The van der Waals surface area contributed by atoms with Crippen LogP contribution in [0.4, 0.5) is 5.82 Å². The average Bonchev–Trinajstić information content (AvgIpc) is 2.77. The molecule has 1 fully saturated rings. The van der Waals surface area contributed by atoms with Gasteiger partial charge in [-0.3, -0.25) is 4.90 Å². The van der Waals surface area contributed by atoms with Crippen LogP contribution in [0.15, 0.2) is 18.3 Å². The van der Waals surface area contributed by atoms with Crippen LogP contribution in [0.1, 0.15) is 38.3 Å². The third-order valence-electron chi connectivity index (χ3n) is 3.56. The Labute approximate surface area is 104 Å². The highest BCUT2D eigenvalue weighted by Crippen LogP contribution is 2.36. The lowest BCUT2D eigenvalue weighted by atomic mass is 10.0. The Morgan fingerprint density at radius 2 is 2.18 bits per heavy atom. The van der Waals surface area contributed by atoms with Gasteiger partial charge < -0.3 is 4.90 Å². The number of rotatable bonds is 3. The molecule has 0 radical (unpaired) electrons. The molecule has 1 aliphatic rings. The van der Waals surface area contributed by atoms with Gasteiger partial charge in [-0.05, 0) is 39.3 Å². The zero-order chi connectivity index (χ0) is 12.4. The second-order valence-corrected chi connectivity index (χ2v) is 5.30. The van der Waals surface area contributed by atoms with Crippen LogP contribution in [0, 0.1) is 0 Å². The van der Waals surface area contributed by atoms with E-state index in [9.17, 15) is 0 Å². The monoisotopic (exact) mass is 233 g/mol. The maximum absolute atomic E-state index is 4.52. The molecule has 0 N–H and O–H groups in total. The lowest BCUT2D eigenvalue weighted by Crippen LogP contribution is -2.31. The van der Waals surface area contributed by atoms with E-state index in [0.29, 0.717) is 12.1 Å². The topological polar surface area (TPSA) is 19.4 Å². The first kappa shape index (κ1) is 12.4. The van der Waals surface area contributed by atoms with Gasteiger partial charge in [-0.2, -0.15) is 0 Å². The Kier molecular flexibility index (Phi) is 3.67. The van der Waals surface area contributed by atoms with Crippen LogP contribution in [0.3, 0.4) is 0 Å². The third-order valence-corrected chi connectivity index (χ3v) is 3.56. The summed E-state index contributed by atoms with van der Waals surface area (Å²) in [6.45, 7) is 5.78. The van der Waals surface area contributed by atoms with Gasteiger partial charge >= 0.3 is 0 Å². The van der Waals surface area contributed by atoms with Crippen LogP contribution in [-0.4, -0.2) is 36.6 Å². The van der Waals surface area contributed by atoms with Crippen LogP contribution in [0.5, 0.6) is 0 Å². The van der Waals surface area contributed by atoms with E-state index < -0.39 is 0 Å². The lowest BCUT2D eigenvalue weighted by molar-refractivity contribution is 0.205. The molecule has 1 saturated heterocycles. The smallest absolute Gasteiger partial charge is 0.132 e. The summed E-state index contributed by atoms with van der Waals surface area (Å²) < 4.78 is 0. The van der Waals surface area contributed by atoms with E-state index in [-0.39, 0.29) is 0 Å². The quantitative estimate of drug-likeness (QED) is 0.800. The zero-order valence-electron chi connectivity index (χ0n) is 11.3. The number of likely N-dealkylation sites (tertiary alicyclic amines) is 1. The highest BCUT2D eigenvalue weighted by atomic mass is 15.2. The van der Waals surface area contributed by atoms with Crippen molar-refractivity contribution in [3.8, 4) is 0 Å². The minimum absolute atomic E-state index is 0.543. The number of pyridine rings is 1. The molecule has 3 nitrogen and oxygen atoms in total. The van der Waals surface area contributed by atoms with E-state index in [1.54, 1.807) is 0 Å². The molecule has 17 heavy (non-hydrogen) atoms. The Morgan fingerprint density at radius 3 is 2.82 bits per heavy atom. The van der Waals surface area contributed by atoms with E-state index >= 15 is 0 Å². The van der Waals surface area contributed by atoms with E-state index in [0.717, 1.165) is 5.82 Å². The lowest BCUT2D eigenvalue weighted by Gasteiger charge is -2.30. The Balaban J connectivity index is 2.33. The maximum atomic E-state index is 4.52. The summed E-state index contributed by atoms with van der Waals surface area (Å²) in [4.78, 5) is 9.22. The summed E-state index contributed by atoms with van der Waals surface area (Å²) in [7, 11) is 4.14. The Morgan fingerprint density at radius 1 is 1.41 bits per heavy atom. The maximum Gasteiger partial charge on any atom is 0.132 e. The first-order chi connectivity index (χ1) is 8.11. The van der Waals surface area contributed by atoms with Crippen molar-refractivity contribution in [3.05, 3.63) is 23.9 Å². The van der Waals surface area contributed by atoms with Gasteiger partial charge in [-0.15, -0.1) is 0 Å². The van der Waals surface area contributed by atoms with E-state index in [2.05, 4.69) is 54.9 Å². The molecule has 2 heterocycles. The molecule has 3 heteroatoms. The average molecular weight is 233 g/mol. The molecule has 0 aliphatic carbocycles. The van der Waals surface area contributed by atoms with Gasteiger partial charge in [0.25, 0.3) is 0 Å². The molecule has 2 rings (SSSR count). The molecule has 0 bridgehead atoms. The van der Waals surface area contributed by atoms with Gasteiger partial charge in [0.05, 0.1) is 0 Å². The molecule has 1 aromatic rings. The molecule has 1 unspecified atom stereocenters. The molecule has 1 aliphatic heterocycles. The highest BCUT2D eigenvalue weighted by molar-refractivity contribution is 5.47. The molecule has 0 spiro atoms. The van der Waals surface area contributed by atoms with Gasteiger partial charge in [0.15, 0.2) is 0 Å². The van der Waals surface area contributed by atoms with Crippen molar-refractivity contribution in [1.29, 1.82) is 0 Å². The van der Waals surface area contributed by atoms with Crippen molar-refractivity contribution >= 4 is 5.82 Å². The molecule has 0 saturated carbocycles. The van der Waals surface area contributed by atoms with Crippen molar-refractivity contribution in [2.45, 2.75) is 38.8 Å². The first-order valence-electron chi connectivity index (χ1n) is 6.49. The predicted octanol–water partition coefficient (Wildman–Crippen LogP) is 2.69. The van der Waals surface area contributed by atoms with Gasteiger partial charge in [0.1, 0.15) is 5.82 Å². The van der Waals surface area contributed by atoms with E-state index in [4.69, 9.17) is 0 Å². The van der Waals surface area contributed by atoms with E-state index in [1.807, 2.05) is 6.20 Å². The minimum Gasteiger partial charge on any atom is -0.362 e. The summed E-state index contributed by atoms with van der Waals surface area (Å²) in [5.41, 5.74) is 1.38. The fourth-order valence-corrected chi connectivity index (χ4v) is 2.78. The highest BCUT2D eigenvalue weighted by Gasteiger charge is 2.30. The molecule has 0 aromatic carbocycles. The summed E-state index contributed by atoms with van der Waals surface area (Å²) in [6.07, 6.45) is 4.43. The number of aromatic nitrogens is 1. The molecule has 0 amide bonds. The fraction of sp³-hybridized carbons (Fsp3) is 0.643. The standard InChI is InChI=1S/C14H23N3/c1-11(2)17-10-6-8-13(17)12-7-5-9-15-14(12)16(3)4/h5,7,9,11,13H,6,8,10H2,1-4H3. The van der Waals surface area contributed by atoms with Crippen molar-refractivity contribution in [2.75, 3.05) is 25.5 Å². The predicted molar refractivity (Wildman–Crippen MR) is 72.4 cm³/mol. The minimum atomic E-state index is 0.543. The second-order valence-electron chi connectivity index (χ2n) is 5.30. The van der Waals surface area contributed by atoms with Crippen LogP contribution in [-0.2, 0) is 0 Å². The third kappa shape index (κ3) is 2.44. The summed E-state index contributed by atoms with van der Waals surface area (Å²) in [5.74, 6) is 1.12. The normalized spacial score (nSPS) is 21.1. The second kappa shape index (κ2) is 5.05. The van der Waals surface area contributed by atoms with Crippen molar-refractivity contribution in [1.82, 2.24) is 9.88 Å². The van der Waals surface area contributed by atoms with Gasteiger partial charge in [0.2, 0.25) is 0 Å². The van der Waals surface area contributed by atoms with Gasteiger partial charge in [-0.25, -0.2) is 4.98 Å². The summed E-state index contributed by atoms with van der Waals surface area (Å²) >= 11 is 0. The van der Waals surface area contributed by atoms with Crippen molar-refractivity contribution in [2.24, 2.45) is 0 Å². The summed E-state index contributed by atoms with van der Waals surface area (Å²) in [5, 5.41) is 0. The van der Waals surface area contributed by atoms with Gasteiger partial charge in [0, 0.05) is 37.9 Å². The van der Waals surface area contributed by atoms with E-state index in [1.165, 1.54) is 24.9 Å². The van der Waals surface area contributed by atoms with Gasteiger partial charge in [-0.1, -0.05) is 6.07 Å². The summed E-state index contributed by atoms with van der Waals surface area (Å²) in [6, 6.07) is 5.44. The number of hydrogen-bond donors (Lipinski definition) is 0. The fourth-order valence-electron chi connectivity index (χ4n) is 2.78. The van der Waals surface area contributed by atoms with Crippen LogP contribution in [0.2, 0.25) is 0 Å². The Bertz CT molecular complexity index is 373. The van der Waals surface area contributed by atoms with Crippen molar-refractivity contribution < 1.29 is 0 Å². The molecule has 94 valence electrons. The molecular weight excluding hydrogens is 210 g/mol. The van der Waals surface area contributed by atoms with Crippen LogP contribution < -0.4 is 4.90 Å². The first-order valence-corrected chi connectivity index (χ1v) is 6.49. The SMILES string of the molecule is CC(C)N1CCCC1c1cccnc1N(C)C. The van der Waals surface area contributed by atoms with Crippen LogP contribution >= 0.6 is 0 Å². The number of nitrogens with zero attached hydrogens (tertiary/aromatic N) is 3. The molecular formula is C14H23N3. The molecule has 1 aromatic heterocycles. The van der Waals surface area contributed by atoms with Crippen LogP contribution in [0.25, 0.3) is 0 Å². The number of hydrogen-bond acceptors (Lipinski definition) is 3. The van der Waals surface area contributed by atoms with Crippen molar-refractivity contribution in [3.63, 3.8) is 0 Å². The zero-order valence-corrected chi connectivity index (χ0v) is 11.3. The Hall–Kier alpha value is -1.09. The largest absolute Gasteiger partial charge is 0.362 e. The molecule has 1 atom stereocenters.